The molecule has 2 N–H and O–H groups in total. The zero-order valence-electron chi connectivity index (χ0n) is 10.7. The van der Waals surface area contributed by atoms with Crippen molar-refractivity contribution in [1.82, 2.24) is 20.2 Å². The van der Waals surface area contributed by atoms with E-state index in [1.807, 2.05) is 10.7 Å². The van der Waals surface area contributed by atoms with E-state index in [2.05, 4.69) is 36.8 Å². The number of amides is 1. The number of anilines is 1. The van der Waals surface area contributed by atoms with Crippen LogP contribution in [0.2, 0.25) is 0 Å². The van der Waals surface area contributed by atoms with Crippen LogP contribution in [-0.2, 0) is 4.79 Å². The monoisotopic (exact) mass is 367 g/mol. The van der Waals surface area contributed by atoms with E-state index >= 15 is 0 Å². The van der Waals surface area contributed by atoms with Gasteiger partial charge in [0.1, 0.15) is 0 Å². The fourth-order valence-corrected chi connectivity index (χ4v) is 3.71. The molecule has 2 aliphatic rings. The van der Waals surface area contributed by atoms with Crippen molar-refractivity contribution in [3.05, 3.63) is 22.2 Å². The van der Waals surface area contributed by atoms with Crippen molar-refractivity contribution in [1.29, 1.82) is 0 Å². The number of aliphatic hydroxyl groups is 1. The largest absolute Gasteiger partial charge is 0.378 e. The van der Waals surface area contributed by atoms with Crippen LogP contribution in [0.5, 0.6) is 0 Å². The van der Waals surface area contributed by atoms with Gasteiger partial charge in [0.25, 0.3) is 5.91 Å². The van der Waals surface area contributed by atoms with Gasteiger partial charge < -0.3 is 10.4 Å². The van der Waals surface area contributed by atoms with Crippen LogP contribution in [0.1, 0.15) is 30.6 Å². The zero-order chi connectivity index (χ0) is 14.6. The second-order valence-electron chi connectivity index (χ2n) is 5.00. The average molecular weight is 368 g/mol. The van der Waals surface area contributed by atoms with Gasteiger partial charge in [0.2, 0.25) is 5.16 Å². The Hall–Kier alpha value is -1.45. The standard InChI is InChI=1S/C12H10BrN5O2S/c13-7-3-6-8(14-11(20)10(6)19)4-9(7)21-12-15-16-17-18(12)5-1-2-5/h3-5,10,19H,1-2H2,(H,14,20). The summed E-state index contributed by atoms with van der Waals surface area (Å²) in [4.78, 5) is 12.4. The third-order valence-electron chi connectivity index (χ3n) is 3.46. The maximum Gasteiger partial charge on any atom is 0.257 e. The van der Waals surface area contributed by atoms with Crippen molar-refractivity contribution in [3.63, 3.8) is 0 Å². The maximum atomic E-state index is 11.5. The molecule has 1 fully saturated rings. The van der Waals surface area contributed by atoms with Gasteiger partial charge in [-0.05, 0) is 63.1 Å². The van der Waals surface area contributed by atoms with Gasteiger partial charge in [-0.15, -0.1) is 5.10 Å². The number of aliphatic hydroxyl groups excluding tert-OH is 1. The Bertz CT molecular complexity index is 745. The third-order valence-corrected chi connectivity index (χ3v) is 5.39. The number of aromatic nitrogens is 4. The van der Waals surface area contributed by atoms with Gasteiger partial charge in [-0.3, -0.25) is 4.79 Å². The molecule has 4 rings (SSSR count). The second-order valence-corrected chi connectivity index (χ2v) is 6.86. The fourth-order valence-electron chi connectivity index (χ4n) is 2.22. The molecule has 0 radical (unpaired) electrons. The Morgan fingerprint density at radius 1 is 1.43 bits per heavy atom. The molecule has 1 saturated carbocycles. The number of hydrogen-bond acceptors (Lipinski definition) is 6. The molecule has 1 atom stereocenters. The smallest absolute Gasteiger partial charge is 0.257 e. The van der Waals surface area contributed by atoms with Crippen molar-refractivity contribution in [3.8, 4) is 0 Å². The molecular formula is C12H10BrN5O2S. The van der Waals surface area contributed by atoms with Crippen LogP contribution in [-0.4, -0.2) is 31.2 Å². The minimum absolute atomic E-state index is 0.400. The van der Waals surface area contributed by atoms with E-state index in [9.17, 15) is 9.90 Å². The van der Waals surface area contributed by atoms with Crippen molar-refractivity contribution >= 4 is 39.3 Å². The highest BCUT2D eigenvalue weighted by Crippen LogP contribution is 2.42. The van der Waals surface area contributed by atoms with Crippen LogP contribution in [0, 0.1) is 0 Å². The van der Waals surface area contributed by atoms with Crippen LogP contribution < -0.4 is 5.32 Å². The van der Waals surface area contributed by atoms with Crippen molar-refractivity contribution in [2.45, 2.75) is 35.0 Å². The molecule has 0 spiro atoms. The SMILES string of the molecule is O=C1Nc2cc(Sc3nnnn3C3CC3)c(Br)cc2C1O. The Balaban J connectivity index is 1.68. The summed E-state index contributed by atoms with van der Waals surface area (Å²) in [5.41, 5.74) is 1.21. The number of rotatable bonds is 3. The summed E-state index contributed by atoms with van der Waals surface area (Å²) in [5, 5.41) is 24.9. The Morgan fingerprint density at radius 3 is 3.00 bits per heavy atom. The lowest BCUT2D eigenvalue weighted by Gasteiger charge is -2.08. The van der Waals surface area contributed by atoms with E-state index < -0.39 is 12.0 Å². The molecular weight excluding hydrogens is 358 g/mol. The molecule has 1 aromatic carbocycles. The number of benzene rings is 1. The van der Waals surface area contributed by atoms with E-state index in [4.69, 9.17) is 0 Å². The van der Waals surface area contributed by atoms with Crippen molar-refractivity contribution in [2.24, 2.45) is 0 Å². The molecule has 7 nitrogen and oxygen atoms in total. The lowest BCUT2D eigenvalue weighted by atomic mass is 10.1. The Labute approximate surface area is 132 Å². The van der Waals surface area contributed by atoms with Crippen molar-refractivity contribution < 1.29 is 9.90 Å². The summed E-state index contributed by atoms with van der Waals surface area (Å²) >= 11 is 4.90. The van der Waals surface area contributed by atoms with E-state index in [1.165, 1.54) is 11.8 Å². The van der Waals surface area contributed by atoms with Gasteiger partial charge in [-0.25, -0.2) is 4.68 Å². The van der Waals surface area contributed by atoms with Gasteiger partial charge in [0.05, 0.1) is 6.04 Å². The average Bonchev–Trinajstić information content (AvgIpc) is 3.14. The molecule has 9 heteroatoms. The summed E-state index contributed by atoms with van der Waals surface area (Å²) in [6.45, 7) is 0. The maximum absolute atomic E-state index is 11.5. The highest BCUT2D eigenvalue weighted by Gasteiger charge is 2.31. The molecule has 21 heavy (non-hydrogen) atoms. The van der Waals surface area contributed by atoms with Gasteiger partial charge in [0.15, 0.2) is 6.10 Å². The third kappa shape index (κ3) is 2.25. The molecule has 1 unspecified atom stereocenters. The lowest BCUT2D eigenvalue weighted by molar-refractivity contribution is -0.123. The molecule has 108 valence electrons. The highest BCUT2D eigenvalue weighted by molar-refractivity contribution is 9.10. The van der Waals surface area contributed by atoms with Gasteiger partial charge in [-0.2, -0.15) is 0 Å². The molecule has 2 aromatic rings. The quantitative estimate of drug-likeness (QED) is 0.860. The molecule has 1 amide bonds. The summed E-state index contributed by atoms with van der Waals surface area (Å²) in [7, 11) is 0. The minimum atomic E-state index is -1.10. The molecule has 1 aliphatic carbocycles. The first-order chi connectivity index (χ1) is 10.1. The van der Waals surface area contributed by atoms with Gasteiger partial charge in [0, 0.05) is 20.6 Å². The fraction of sp³-hybridized carbons (Fsp3) is 0.333. The Morgan fingerprint density at radius 2 is 2.24 bits per heavy atom. The van der Waals surface area contributed by atoms with Crippen LogP contribution in [0.25, 0.3) is 0 Å². The molecule has 0 saturated heterocycles. The Kier molecular flexibility index (Phi) is 3.02. The minimum Gasteiger partial charge on any atom is -0.378 e. The van der Waals surface area contributed by atoms with E-state index in [0.717, 1.165) is 27.4 Å². The summed E-state index contributed by atoms with van der Waals surface area (Å²) in [6.07, 6.45) is 1.10. The molecule has 0 bridgehead atoms. The summed E-state index contributed by atoms with van der Waals surface area (Å²) in [5.74, 6) is -0.401. The first-order valence-electron chi connectivity index (χ1n) is 6.41. The number of halogens is 1. The first kappa shape index (κ1) is 13.2. The summed E-state index contributed by atoms with van der Waals surface area (Å²) in [6, 6.07) is 3.98. The van der Waals surface area contributed by atoms with Gasteiger partial charge in [-0.1, -0.05) is 0 Å². The van der Waals surface area contributed by atoms with Crippen LogP contribution in [0.3, 0.4) is 0 Å². The topological polar surface area (TPSA) is 92.9 Å². The van der Waals surface area contributed by atoms with Crippen LogP contribution in [0.4, 0.5) is 5.69 Å². The predicted molar refractivity (Wildman–Crippen MR) is 77.9 cm³/mol. The summed E-state index contributed by atoms with van der Waals surface area (Å²) < 4.78 is 2.63. The molecule has 1 aromatic heterocycles. The predicted octanol–water partition coefficient (Wildman–Crippen LogP) is 1.91. The van der Waals surface area contributed by atoms with E-state index in [0.29, 0.717) is 17.3 Å². The zero-order valence-corrected chi connectivity index (χ0v) is 13.1. The van der Waals surface area contributed by atoms with Crippen molar-refractivity contribution in [2.75, 3.05) is 5.32 Å². The number of hydrogen-bond donors (Lipinski definition) is 2. The molecule has 1 aliphatic heterocycles. The number of nitrogens with zero attached hydrogens (tertiary/aromatic N) is 4. The van der Waals surface area contributed by atoms with Crippen LogP contribution in [0.15, 0.2) is 26.7 Å². The first-order valence-corrected chi connectivity index (χ1v) is 8.02. The highest BCUT2D eigenvalue weighted by atomic mass is 79.9. The lowest BCUT2D eigenvalue weighted by Crippen LogP contribution is -2.10. The molecule has 2 heterocycles. The number of tetrazole rings is 1. The number of carbonyl (C=O) groups excluding carboxylic acids is 1. The van der Waals surface area contributed by atoms with E-state index in [1.54, 1.807) is 6.07 Å². The van der Waals surface area contributed by atoms with Gasteiger partial charge >= 0.3 is 0 Å². The van der Waals surface area contributed by atoms with Crippen LogP contribution >= 0.6 is 27.7 Å². The number of carbonyl (C=O) groups is 1. The number of fused-ring (bicyclic) bond motifs is 1. The normalized spacial score (nSPS) is 20.5. The number of nitrogens with one attached hydrogen (secondary N) is 1. The second kappa shape index (κ2) is 4.79. The van der Waals surface area contributed by atoms with E-state index in [-0.39, 0.29) is 0 Å².